The molecule has 0 nitrogen and oxygen atoms in total. The number of allylic oxidation sites excluding steroid dienone is 3. The zero-order valence-corrected chi connectivity index (χ0v) is 4.78. The van der Waals surface area contributed by atoms with Gasteiger partial charge in [0.15, 0.2) is 0 Å². The first-order valence-electron chi connectivity index (χ1n) is 2.57. The van der Waals surface area contributed by atoms with E-state index in [-0.39, 0.29) is 0 Å². The molecule has 0 aliphatic rings. The van der Waals surface area contributed by atoms with Crippen molar-refractivity contribution in [3.05, 3.63) is 24.8 Å². The van der Waals surface area contributed by atoms with Gasteiger partial charge in [-0.2, -0.15) is 0 Å². The molecule has 0 heterocycles. The van der Waals surface area contributed by atoms with Crippen LogP contribution in [0.5, 0.6) is 0 Å². The SMILES string of the molecule is C=CC/[C]=C/CC. The molecule has 0 unspecified atom stereocenters. The summed E-state index contributed by atoms with van der Waals surface area (Å²) in [5, 5.41) is 0. The van der Waals surface area contributed by atoms with Gasteiger partial charge >= 0.3 is 0 Å². The molecule has 0 N–H and O–H groups in total. The molecule has 0 spiro atoms. The first-order valence-corrected chi connectivity index (χ1v) is 2.57. The molecule has 0 aliphatic heterocycles. The molecule has 7 heavy (non-hydrogen) atoms. The lowest BCUT2D eigenvalue weighted by Crippen LogP contribution is -1.55. The van der Waals surface area contributed by atoms with Gasteiger partial charge in [-0.1, -0.05) is 19.1 Å². The van der Waals surface area contributed by atoms with Crippen molar-refractivity contribution in [3.63, 3.8) is 0 Å². The molecule has 39 valence electrons. The second-order valence-corrected chi connectivity index (χ2v) is 1.31. The van der Waals surface area contributed by atoms with Crippen molar-refractivity contribution in [1.29, 1.82) is 0 Å². The highest BCUT2D eigenvalue weighted by Gasteiger charge is 1.64. The molecule has 0 atom stereocenters. The maximum Gasteiger partial charge on any atom is -0.0101 e. The second-order valence-electron chi connectivity index (χ2n) is 1.31. The highest BCUT2D eigenvalue weighted by Crippen LogP contribution is 1.82. The Kier molecular flexibility index (Phi) is 5.07. The van der Waals surface area contributed by atoms with Crippen LogP contribution in [0.15, 0.2) is 18.7 Å². The van der Waals surface area contributed by atoms with Gasteiger partial charge in [-0.3, -0.25) is 0 Å². The van der Waals surface area contributed by atoms with E-state index < -0.39 is 0 Å². The van der Waals surface area contributed by atoms with Crippen molar-refractivity contribution >= 4 is 0 Å². The van der Waals surface area contributed by atoms with Gasteiger partial charge in [0.25, 0.3) is 0 Å². The van der Waals surface area contributed by atoms with Crippen LogP contribution in [0.1, 0.15) is 19.8 Å². The predicted molar refractivity (Wildman–Crippen MR) is 32.9 cm³/mol. The van der Waals surface area contributed by atoms with Crippen LogP contribution in [-0.4, -0.2) is 0 Å². The Morgan fingerprint density at radius 3 is 2.86 bits per heavy atom. The third kappa shape index (κ3) is 5.48. The van der Waals surface area contributed by atoms with E-state index in [2.05, 4.69) is 19.6 Å². The summed E-state index contributed by atoms with van der Waals surface area (Å²) in [6.07, 6.45) is 8.86. The fourth-order valence-electron chi connectivity index (χ4n) is 0.311. The smallest absolute Gasteiger partial charge is 0.0101 e. The minimum atomic E-state index is 0.883. The minimum absolute atomic E-state index is 0.883. The average molecular weight is 95.2 g/mol. The molecule has 0 fully saturated rings. The lowest BCUT2D eigenvalue weighted by molar-refractivity contribution is 1.18. The number of hydrogen-bond acceptors (Lipinski definition) is 0. The molecule has 0 heteroatoms. The molecule has 0 saturated heterocycles. The van der Waals surface area contributed by atoms with Crippen LogP contribution >= 0.6 is 0 Å². The van der Waals surface area contributed by atoms with Crippen molar-refractivity contribution in [2.45, 2.75) is 19.8 Å². The van der Waals surface area contributed by atoms with E-state index in [1.54, 1.807) is 0 Å². The molecule has 0 aromatic carbocycles. The van der Waals surface area contributed by atoms with Crippen LogP contribution in [0.3, 0.4) is 0 Å². The molecular weight excluding hydrogens is 84.1 g/mol. The average Bonchev–Trinajstić information content (AvgIpc) is 1.69. The molecule has 0 amide bonds. The topological polar surface area (TPSA) is 0 Å². The Hall–Kier alpha value is -0.520. The van der Waals surface area contributed by atoms with Crippen LogP contribution in [0, 0.1) is 6.08 Å². The Morgan fingerprint density at radius 1 is 1.71 bits per heavy atom. The molecule has 0 aliphatic carbocycles. The van der Waals surface area contributed by atoms with Crippen molar-refractivity contribution in [2.75, 3.05) is 0 Å². The van der Waals surface area contributed by atoms with E-state index in [0.717, 1.165) is 12.8 Å². The zero-order valence-electron chi connectivity index (χ0n) is 4.78. The summed E-state index contributed by atoms with van der Waals surface area (Å²) in [7, 11) is 0. The van der Waals surface area contributed by atoms with E-state index in [4.69, 9.17) is 0 Å². The van der Waals surface area contributed by atoms with Crippen LogP contribution < -0.4 is 0 Å². The number of hydrogen-bond donors (Lipinski definition) is 0. The van der Waals surface area contributed by atoms with Gasteiger partial charge in [0, 0.05) is 0 Å². The van der Waals surface area contributed by atoms with Crippen molar-refractivity contribution in [2.24, 2.45) is 0 Å². The highest BCUT2D eigenvalue weighted by atomic mass is 13.7. The Bertz CT molecular complexity index is 60.4. The first-order chi connectivity index (χ1) is 3.41. The predicted octanol–water partition coefficient (Wildman–Crippen LogP) is 2.33. The first kappa shape index (κ1) is 6.48. The molecule has 1 radical (unpaired) electrons. The summed E-state index contributed by atoms with van der Waals surface area (Å²) in [4.78, 5) is 0. The summed E-state index contributed by atoms with van der Waals surface area (Å²) in [6, 6.07) is 0. The zero-order chi connectivity index (χ0) is 5.54. The molecule has 0 bridgehead atoms. The largest absolute Gasteiger partial charge is 0.103 e. The summed E-state index contributed by atoms with van der Waals surface area (Å²) in [5.74, 6) is 0. The second kappa shape index (κ2) is 5.48. The highest BCUT2D eigenvalue weighted by molar-refractivity contribution is 4.79. The van der Waals surface area contributed by atoms with Gasteiger partial charge in [-0.05, 0) is 18.9 Å². The summed E-state index contributed by atoms with van der Waals surface area (Å²) < 4.78 is 0. The van der Waals surface area contributed by atoms with Gasteiger partial charge in [0.2, 0.25) is 0 Å². The van der Waals surface area contributed by atoms with Crippen LogP contribution in [-0.2, 0) is 0 Å². The Balaban J connectivity index is 2.92. The maximum absolute atomic E-state index is 3.55. The lowest BCUT2D eigenvalue weighted by Gasteiger charge is -1.73. The van der Waals surface area contributed by atoms with Crippen molar-refractivity contribution < 1.29 is 0 Å². The van der Waals surface area contributed by atoms with E-state index in [1.165, 1.54) is 0 Å². The van der Waals surface area contributed by atoms with Crippen molar-refractivity contribution in [3.8, 4) is 0 Å². The molecule has 0 rings (SSSR count). The lowest BCUT2D eigenvalue weighted by atomic mass is 10.3. The third-order valence-corrected chi connectivity index (χ3v) is 0.611. The van der Waals surface area contributed by atoms with Crippen molar-refractivity contribution in [1.82, 2.24) is 0 Å². The van der Waals surface area contributed by atoms with Gasteiger partial charge in [0.1, 0.15) is 0 Å². The van der Waals surface area contributed by atoms with Crippen LogP contribution in [0.2, 0.25) is 0 Å². The summed E-state index contributed by atoms with van der Waals surface area (Å²) in [6.45, 7) is 5.64. The molecule has 0 saturated carbocycles. The van der Waals surface area contributed by atoms with Gasteiger partial charge in [0.05, 0.1) is 0 Å². The molecule has 0 aromatic heterocycles. The summed E-state index contributed by atoms with van der Waals surface area (Å²) >= 11 is 0. The fraction of sp³-hybridized carbons (Fsp3) is 0.429. The third-order valence-electron chi connectivity index (χ3n) is 0.611. The summed E-state index contributed by atoms with van der Waals surface area (Å²) in [5.41, 5.74) is 0. The number of rotatable bonds is 3. The monoisotopic (exact) mass is 95.1 g/mol. The van der Waals surface area contributed by atoms with Crippen LogP contribution in [0.25, 0.3) is 0 Å². The van der Waals surface area contributed by atoms with Gasteiger partial charge in [-0.25, -0.2) is 0 Å². The van der Waals surface area contributed by atoms with Gasteiger partial charge in [-0.15, -0.1) is 6.58 Å². The normalized spacial score (nSPS) is 9.86. The fourth-order valence-corrected chi connectivity index (χ4v) is 0.311. The minimum Gasteiger partial charge on any atom is -0.103 e. The van der Waals surface area contributed by atoms with E-state index in [0.29, 0.717) is 0 Å². The van der Waals surface area contributed by atoms with E-state index >= 15 is 0 Å². The van der Waals surface area contributed by atoms with E-state index in [9.17, 15) is 0 Å². The molecule has 0 aromatic rings. The Labute approximate surface area is 45.5 Å². The maximum atomic E-state index is 3.55. The standard InChI is InChI=1S/C7H11/c1-3-5-7-6-4-2/h3,6H,1,4-5H2,2H3. The Morgan fingerprint density at radius 2 is 2.43 bits per heavy atom. The van der Waals surface area contributed by atoms with Gasteiger partial charge < -0.3 is 0 Å². The quantitative estimate of drug-likeness (QED) is 0.472. The van der Waals surface area contributed by atoms with E-state index in [1.807, 2.05) is 12.2 Å². The van der Waals surface area contributed by atoms with Crippen LogP contribution in [0.4, 0.5) is 0 Å². The molecular formula is C7H11.